The first-order valence-corrected chi connectivity index (χ1v) is 7.78. The zero-order valence-electron chi connectivity index (χ0n) is 13.5. The van der Waals surface area contributed by atoms with E-state index in [4.69, 9.17) is 4.84 Å². The van der Waals surface area contributed by atoms with Crippen molar-refractivity contribution in [3.63, 3.8) is 0 Å². The molecular formula is C16H20N4O4. The maximum atomic E-state index is 11.2. The summed E-state index contributed by atoms with van der Waals surface area (Å²) in [5.74, 6) is -0.538. The third kappa shape index (κ3) is 5.45. The second-order valence-corrected chi connectivity index (χ2v) is 5.52. The van der Waals surface area contributed by atoms with Gasteiger partial charge in [0.2, 0.25) is 6.04 Å². The summed E-state index contributed by atoms with van der Waals surface area (Å²) >= 11 is 0. The molecule has 0 spiro atoms. The van der Waals surface area contributed by atoms with Crippen molar-refractivity contribution in [3.05, 3.63) is 46.3 Å². The van der Waals surface area contributed by atoms with Gasteiger partial charge in [-0.15, -0.1) is 0 Å². The zero-order chi connectivity index (χ0) is 17.4. The lowest BCUT2D eigenvalue weighted by atomic mass is 9.89. The fourth-order valence-corrected chi connectivity index (χ4v) is 2.54. The predicted molar refractivity (Wildman–Crippen MR) is 89.3 cm³/mol. The highest BCUT2D eigenvalue weighted by molar-refractivity contribution is 5.98. The van der Waals surface area contributed by atoms with Crippen molar-refractivity contribution >= 4 is 17.4 Å². The number of aromatic nitrogens is 1. The summed E-state index contributed by atoms with van der Waals surface area (Å²) in [6.45, 7) is 1.54. The highest BCUT2D eigenvalue weighted by atomic mass is 16.7. The Balaban J connectivity index is 2.15. The van der Waals surface area contributed by atoms with Gasteiger partial charge in [-0.1, -0.05) is 5.16 Å². The summed E-state index contributed by atoms with van der Waals surface area (Å²) in [7, 11) is 0. The summed E-state index contributed by atoms with van der Waals surface area (Å²) in [5.41, 5.74) is 1.98. The number of hydrogen-bond donors (Lipinski definition) is 1. The summed E-state index contributed by atoms with van der Waals surface area (Å²) in [4.78, 5) is 30.6. The number of nitrogens with one attached hydrogen (secondary N) is 1. The average molecular weight is 332 g/mol. The molecule has 1 fully saturated rings. The van der Waals surface area contributed by atoms with E-state index in [0.717, 1.165) is 18.5 Å². The second-order valence-electron chi connectivity index (χ2n) is 5.52. The first-order valence-electron chi connectivity index (χ1n) is 7.78. The SMILES string of the molecule is CC(=O)O/N=C(\C=C1/CCCCC1[N+](=O)[O-])CNc1ccncc1. The number of nitro groups is 1. The van der Waals surface area contributed by atoms with Crippen LogP contribution in [-0.2, 0) is 9.63 Å². The fraction of sp³-hybridized carbons (Fsp3) is 0.438. The Labute approximate surface area is 139 Å². The van der Waals surface area contributed by atoms with Crippen LogP contribution in [0.15, 0.2) is 41.3 Å². The van der Waals surface area contributed by atoms with Crippen LogP contribution in [-0.4, -0.2) is 34.2 Å². The van der Waals surface area contributed by atoms with Gasteiger partial charge in [0.1, 0.15) is 0 Å². The molecule has 128 valence electrons. The van der Waals surface area contributed by atoms with E-state index in [1.54, 1.807) is 30.6 Å². The van der Waals surface area contributed by atoms with Gasteiger partial charge < -0.3 is 10.2 Å². The van der Waals surface area contributed by atoms with Crippen molar-refractivity contribution in [2.75, 3.05) is 11.9 Å². The van der Waals surface area contributed by atoms with Crippen LogP contribution in [0.5, 0.6) is 0 Å². The standard InChI is InChI=1S/C16H20N4O4/c1-12(21)24-19-15(11-18-14-6-8-17-9-7-14)10-13-4-2-3-5-16(13)20(22)23/h6-10,16H,2-5,11H2,1H3,(H,17,18)/b13-10+,19-15+. The lowest BCUT2D eigenvalue weighted by Crippen LogP contribution is -2.26. The quantitative estimate of drug-likeness (QED) is 0.371. The minimum absolute atomic E-state index is 0.259. The first kappa shape index (κ1) is 17.6. The number of pyridine rings is 1. The fourth-order valence-electron chi connectivity index (χ4n) is 2.54. The van der Waals surface area contributed by atoms with E-state index in [-0.39, 0.29) is 11.5 Å². The smallest absolute Gasteiger partial charge is 0.331 e. The number of rotatable bonds is 6. The van der Waals surface area contributed by atoms with E-state index < -0.39 is 12.0 Å². The average Bonchev–Trinajstić information content (AvgIpc) is 2.58. The summed E-state index contributed by atoms with van der Waals surface area (Å²) in [6, 6.07) is 2.89. The normalized spacial score (nSPS) is 19.8. The Bertz CT molecular complexity index is 643. The monoisotopic (exact) mass is 332 g/mol. The molecule has 0 aliphatic heterocycles. The number of oxime groups is 1. The van der Waals surface area contributed by atoms with Gasteiger partial charge in [-0.05, 0) is 37.5 Å². The van der Waals surface area contributed by atoms with E-state index in [9.17, 15) is 14.9 Å². The van der Waals surface area contributed by atoms with Crippen LogP contribution in [0, 0.1) is 10.1 Å². The molecular weight excluding hydrogens is 312 g/mol. The number of hydrogen-bond acceptors (Lipinski definition) is 7. The molecule has 1 aromatic heterocycles. The second kappa shape index (κ2) is 8.76. The summed E-state index contributed by atoms with van der Waals surface area (Å²) in [5, 5.41) is 18.2. The van der Waals surface area contributed by atoms with Gasteiger partial charge in [-0.2, -0.15) is 0 Å². The van der Waals surface area contributed by atoms with Crippen molar-refractivity contribution in [2.24, 2.45) is 5.16 Å². The molecule has 1 aliphatic carbocycles. The largest absolute Gasteiger partial charge is 0.379 e. The number of nitrogens with zero attached hydrogens (tertiary/aromatic N) is 3. The molecule has 0 aromatic carbocycles. The molecule has 0 amide bonds. The minimum atomic E-state index is -0.692. The maximum Gasteiger partial charge on any atom is 0.331 e. The van der Waals surface area contributed by atoms with Crippen LogP contribution in [0.3, 0.4) is 0 Å². The number of carbonyl (C=O) groups is 1. The van der Waals surface area contributed by atoms with E-state index in [1.807, 2.05) is 0 Å². The van der Waals surface area contributed by atoms with Gasteiger partial charge >= 0.3 is 5.97 Å². The third-order valence-electron chi connectivity index (χ3n) is 3.67. The lowest BCUT2D eigenvalue weighted by Gasteiger charge is -2.19. The van der Waals surface area contributed by atoms with Gasteiger partial charge in [0.05, 0.1) is 12.3 Å². The van der Waals surface area contributed by atoms with Gasteiger partial charge in [0.15, 0.2) is 0 Å². The number of anilines is 1. The van der Waals surface area contributed by atoms with Crippen molar-refractivity contribution in [3.8, 4) is 0 Å². The lowest BCUT2D eigenvalue weighted by molar-refractivity contribution is -0.514. The third-order valence-corrected chi connectivity index (χ3v) is 3.67. The van der Waals surface area contributed by atoms with Gasteiger partial charge in [-0.25, -0.2) is 4.79 Å². The topological polar surface area (TPSA) is 107 Å². The molecule has 1 aromatic rings. The molecule has 1 atom stereocenters. The molecule has 1 heterocycles. The highest BCUT2D eigenvalue weighted by Crippen LogP contribution is 2.25. The van der Waals surface area contributed by atoms with Crippen molar-refractivity contribution in [2.45, 2.75) is 38.6 Å². The Morgan fingerprint density at radius 2 is 2.25 bits per heavy atom. The van der Waals surface area contributed by atoms with Crippen molar-refractivity contribution < 1.29 is 14.6 Å². The molecule has 1 unspecified atom stereocenters. The number of carbonyl (C=O) groups excluding carboxylic acids is 1. The van der Waals surface area contributed by atoms with Crippen LogP contribution in [0.2, 0.25) is 0 Å². The van der Waals surface area contributed by atoms with Gasteiger partial charge in [-0.3, -0.25) is 15.1 Å². The van der Waals surface area contributed by atoms with E-state index in [1.165, 1.54) is 6.92 Å². The van der Waals surface area contributed by atoms with E-state index in [0.29, 0.717) is 24.1 Å². The first-order chi connectivity index (χ1) is 11.6. The van der Waals surface area contributed by atoms with E-state index in [2.05, 4.69) is 15.5 Å². The molecule has 24 heavy (non-hydrogen) atoms. The van der Waals surface area contributed by atoms with Crippen LogP contribution < -0.4 is 5.32 Å². The van der Waals surface area contributed by atoms with Crippen LogP contribution >= 0.6 is 0 Å². The Hall–Kier alpha value is -2.77. The predicted octanol–water partition coefficient (Wildman–Crippen LogP) is 2.56. The minimum Gasteiger partial charge on any atom is -0.379 e. The molecule has 0 saturated heterocycles. The highest BCUT2D eigenvalue weighted by Gasteiger charge is 2.28. The molecule has 1 saturated carbocycles. The summed E-state index contributed by atoms with van der Waals surface area (Å²) in [6.07, 6.45) is 7.89. The zero-order valence-corrected chi connectivity index (χ0v) is 13.5. The van der Waals surface area contributed by atoms with Gasteiger partial charge in [0, 0.05) is 41.9 Å². The van der Waals surface area contributed by atoms with Crippen LogP contribution in [0.25, 0.3) is 0 Å². The molecule has 1 N–H and O–H groups in total. The van der Waals surface area contributed by atoms with Crippen molar-refractivity contribution in [1.82, 2.24) is 4.98 Å². The molecule has 0 bridgehead atoms. The molecule has 0 radical (unpaired) electrons. The Kier molecular flexibility index (Phi) is 6.41. The Morgan fingerprint density at radius 1 is 1.50 bits per heavy atom. The maximum absolute atomic E-state index is 11.2. The molecule has 8 heteroatoms. The molecule has 8 nitrogen and oxygen atoms in total. The van der Waals surface area contributed by atoms with E-state index >= 15 is 0 Å². The van der Waals surface area contributed by atoms with Crippen molar-refractivity contribution in [1.29, 1.82) is 0 Å². The van der Waals surface area contributed by atoms with Gasteiger partial charge in [0.25, 0.3) is 0 Å². The van der Waals surface area contributed by atoms with Crippen LogP contribution in [0.1, 0.15) is 32.6 Å². The molecule has 2 rings (SSSR count). The molecule has 1 aliphatic rings. The van der Waals surface area contributed by atoms with Crippen LogP contribution in [0.4, 0.5) is 5.69 Å². The Morgan fingerprint density at radius 3 is 2.92 bits per heavy atom. The summed E-state index contributed by atoms with van der Waals surface area (Å²) < 4.78 is 0.